The first-order valence-corrected chi connectivity index (χ1v) is 10.1. The van der Waals surface area contributed by atoms with E-state index in [0.717, 1.165) is 22.5 Å². The molecule has 0 fully saturated rings. The lowest BCUT2D eigenvalue weighted by Gasteiger charge is -2.09. The molecule has 0 aliphatic rings. The fourth-order valence-corrected chi connectivity index (χ4v) is 3.83. The SMILES string of the molecule is Cc1ccnc(NC(=O)c2ccccc2CSc2nc3nc(C)cc(C)n3n2)c1. The maximum Gasteiger partial charge on any atom is 0.257 e. The number of pyridine rings is 1. The molecular weight excluding hydrogens is 384 g/mol. The first kappa shape index (κ1) is 19.1. The van der Waals surface area contributed by atoms with Gasteiger partial charge in [0.1, 0.15) is 5.82 Å². The molecule has 4 aromatic rings. The highest BCUT2D eigenvalue weighted by molar-refractivity contribution is 7.98. The van der Waals surface area contributed by atoms with Crippen LogP contribution in [0.5, 0.6) is 0 Å². The second kappa shape index (κ2) is 8.00. The summed E-state index contributed by atoms with van der Waals surface area (Å²) < 4.78 is 1.73. The Morgan fingerprint density at radius 2 is 1.93 bits per heavy atom. The van der Waals surface area contributed by atoms with Crippen molar-refractivity contribution in [3.8, 4) is 0 Å². The van der Waals surface area contributed by atoms with Crippen LogP contribution in [-0.2, 0) is 5.75 Å². The van der Waals surface area contributed by atoms with Crippen LogP contribution in [0.15, 0.2) is 53.8 Å². The van der Waals surface area contributed by atoms with Gasteiger partial charge in [0, 0.05) is 28.9 Å². The lowest BCUT2D eigenvalue weighted by Crippen LogP contribution is -2.15. The number of carbonyl (C=O) groups excluding carboxylic acids is 1. The van der Waals surface area contributed by atoms with Crippen LogP contribution in [0.25, 0.3) is 5.78 Å². The van der Waals surface area contributed by atoms with Gasteiger partial charge in [-0.1, -0.05) is 30.0 Å². The molecule has 3 heterocycles. The number of rotatable bonds is 5. The summed E-state index contributed by atoms with van der Waals surface area (Å²) in [6, 6.07) is 13.2. The average Bonchev–Trinajstić information content (AvgIpc) is 3.10. The highest BCUT2D eigenvalue weighted by Gasteiger charge is 2.14. The van der Waals surface area contributed by atoms with Gasteiger partial charge in [-0.05, 0) is 56.2 Å². The molecule has 7 nitrogen and oxygen atoms in total. The van der Waals surface area contributed by atoms with Crippen molar-refractivity contribution in [2.45, 2.75) is 31.7 Å². The molecule has 0 saturated heterocycles. The monoisotopic (exact) mass is 404 g/mol. The number of benzene rings is 1. The predicted octanol–water partition coefficient (Wildman–Crippen LogP) is 3.99. The third-order valence-corrected chi connectivity index (χ3v) is 5.26. The fraction of sp³-hybridized carbons (Fsp3) is 0.190. The summed E-state index contributed by atoms with van der Waals surface area (Å²) in [7, 11) is 0. The topological polar surface area (TPSA) is 85.1 Å². The molecule has 0 unspecified atom stereocenters. The normalized spacial score (nSPS) is 11.0. The van der Waals surface area contributed by atoms with Crippen molar-refractivity contribution in [2.24, 2.45) is 0 Å². The van der Waals surface area contributed by atoms with Crippen molar-refractivity contribution < 1.29 is 4.79 Å². The number of nitrogens with one attached hydrogen (secondary N) is 1. The largest absolute Gasteiger partial charge is 0.307 e. The molecule has 1 amide bonds. The molecule has 29 heavy (non-hydrogen) atoms. The highest BCUT2D eigenvalue weighted by atomic mass is 32.2. The van der Waals surface area contributed by atoms with E-state index in [-0.39, 0.29) is 5.91 Å². The van der Waals surface area contributed by atoms with Gasteiger partial charge in [0.2, 0.25) is 5.16 Å². The maximum absolute atomic E-state index is 12.8. The van der Waals surface area contributed by atoms with Crippen LogP contribution in [0.2, 0.25) is 0 Å². The number of aryl methyl sites for hydroxylation is 3. The summed E-state index contributed by atoms with van der Waals surface area (Å²) in [4.78, 5) is 25.9. The molecule has 0 aliphatic heterocycles. The molecule has 8 heteroatoms. The highest BCUT2D eigenvalue weighted by Crippen LogP contribution is 2.23. The van der Waals surface area contributed by atoms with Gasteiger partial charge in [-0.3, -0.25) is 4.79 Å². The Labute approximate surface area is 172 Å². The molecule has 0 atom stereocenters. The molecule has 0 aliphatic carbocycles. The Morgan fingerprint density at radius 3 is 2.76 bits per heavy atom. The number of carbonyl (C=O) groups is 1. The van der Waals surface area contributed by atoms with E-state index >= 15 is 0 Å². The van der Waals surface area contributed by atoms with E-state index < -0.39 is 0 Å². The van der Waals surface area contributed by atoms with Crippen LogP contribution < -0.4 is 5.32 Å². The zero-order valence-electron chi connectivity index (χ0n) is 16.4. The molecule has 0 bridgehead atoms. The number of aromatic nitrogens is 5. The van der Waals surface area contributed by atoms with Crippen LogP contribution in [0.3, 0.4) is 0 Å². The summed E-state index contributed by atoms with van der Waals surface area (Å²) in [5.74, 6) is 1.51. The van der Waals surface area contributed by atoms with Crippen molar-refractivity contribution in [3.05, 3.63) is 76.7 Å². The zero-order valence-corrected chi connectivity index (χ0v) is 17.2. The number of anilines is 1. The molecule has 1 aromatic carbocycles. The van der Waals surface area contributed by atoms with Gasteiger partial charge >= 0.3 is 0 Å². The van der Waals surface area contributed by atoms with E-state index in [1.807, 2.05) is 63.2 Å². The standard InChI is InChI=1S/C21H20N6OS/c1-13-8-9-22-18(10-13)24-19(28)17-7-5-4-6-16(17)12-29-21-25-20-23-14(2)11-15(3)27(20)26-21/h4-11H,12H2,1-3H3,(H,22,24,28). The van der Waals surface area contributed by atoms with Crippen molar-refractivity contribution >= 4 is 29.3 Å². The summed E-state index contributed by atoms with van der Waals surface area (Å²) >= 11 is 1.48. The molecule has 1 N–H and O–H groups in total. The first-order valence-electron chi connectivity index (χ1n) is 9.15. The lowest BCUT2D eigenvalue weighted by molar-refractivity contribution is 0.102. The minimum Gasteiger partial charge on any atom is -0.307 e. The maximum atomic E-state index is 12.8. The zero-order chi connectivity index (χ0) is 20.4. The molecule has 0 saturated carbocycles. The number of nitrogens with zero attached hydrogens (tertiary/aromatic N) is 5. The molecule has 146 valence electrons. The van der Waals surface area contributed by atoms with Crippen molar-refractivity contribution in [2.75, 3.05) is 5.32 Å². The van der Waals surface area contributed by atoms with Gasteiger partial charge in [-0.15, -0.1) is 5.10 Å². The number of thioether (sulfide) groups is 1. The van der Waals surface area contributed by atoms with Crippen LogP contribution in [0.1, 0.15) is 32.9 Å². The molecule has 0 spiro atoms. The van der Waals surface area contributed by atoms with Gasteiger partial charge in [0.25, 0.3) is 11.7 Å². The predicted molar refractivity (Wildman–Crippen MR) is 113 cm³/mol. The van der Waals surface area contributed by atoms with E-state index in [4.69, 9.17) is 0 Å². The van der Waals surface area contributed by atoms with E-state index in [1.165, 1.54) is 11.8 Å². The van der Waals surface area contributed by atoms with E-state index in [0.29, 0.717) is 28.1 Å². The number of hydrogen-bond acceptors (Lipinski definition) is 6. The quantitative estimate of drug-likeness (QED) is 0.506. The molecule has 3 aromatic heterocycles. The Morgan fingerprint density at radius 1 is 1.10 bits per heavy atom. The Kier molecular flexibility index (Phi) is 5.26. The van der Waals surface area contributed by atoms with Gasteiger partial charge in [0.05, 0.1) is 0 Å². The van der Waals surface area contributed by atoms with E-state index in [2.05, 4.69) is 25.4 Å². The Hall–Kier alpha value is -3.26. The van der Waals surface area contributed by atoms with Crippen LogP contribution in [0, 0.1) is 20.8 Å². The van der Waals surface area contributed by atoms with Crippen LogP contribution in [0.4, 0.5) is 5.82 Å². The van der Waals surface area contributed by atoms with Crippen LogP contribution >= 0.6 is 11.8 Å². The smallest absolute Gasteiger partial charge is 0.257 e. The first-order chi connectivity index (χ1) is 14.0. The molecular formula is C21H20N6OS. The van der Waals surface area contributed by atoms with Gasteiger partial charge in [0.15, 0.2) is 0 Å². The van der Waals surface area contributed by atoms with Gasteiger partial charge in [-0.2, -0.15) is 4.98 Å². The van der Waals surface area contributed by atoms with E-state index in [1.54, 1.807) is 10.7 Å². The van der Waals surface area contributed by atoms with Crippen molar-refractivity contribution in [1.82, 2.24) is 24.6 Å². The second-order valence-electron chi connectivity index (χ2n) is 6.76. The molecule has 4 rings (SSSR count). The third kappa shape index (κ3) is 4.27. The lowest BCUT2D eigenvalue weighted by atomic mass is 10.1. The minimum atomic E-state index is -0.185. The summed E-state index contributed by atoms with van der Waals surface area (Å²) in [5, 5.41) is 8.01. The average molecular weight is 404 g/mol. The fourth-order valence-electron chi connectivity index (χ4n) is 3.01. The molecule has 0 radical (unpaired) electrons. The summed E-state index contributed by atoms with van der Waals surface area (Å²) in [6.07, 6.45) is 1.68. The van der Waals surface area contributed by atoms with E-state index in [9.17, 15) is 4.79 Å². The third-order valence-electron chi connectivity index (χ3n) is 4.37. The number of amides is 1. The Balaban J connectivity index is 1.53. The number of hydrogen-bond donors (Lipinski definition) is 1. The van der Waals surface area contributed by atoms with Crippen LogP contribution in [-0.4, -0.2) is 30.5 Å². The van der Waals surface area contributed by atoms with Crippen molar-refractivity contribution in [1.29, 1.82) is 0 Å². The Bertz CT molecular complexity index is 1200. The van der Waals surface area contributed by atoms with Crippen molar-refractivity contribution in [3.63, 3.8) is 0 Å². The van der Waals surface area contributed by atoms with Gasteiger partial charge < -0.3 is 5.32 Å². The minimum absolute atomic E-state index is 0.185. The summed E-state index contributed by atoms with van der Waals surface area (Å²) in [6.45, 7) is 5.87. The second-order valence-corrected chi connectivity index (χ2v) is 7.71. The van der Waals surface area contributed by atoms with Gasteiger partial charge in [-0.25, -0.2) is 14.5 Å². The number of fused-ring (bicyclic) bond motifs is 1. The summed E-state index contributed by atoms with van der Waals surface area (Å²) in [5.41, 5.74) is 4.44.